The predicted octanol–water partition coefficient (Wildman–Crippen LogP) is 1.37. The van der Waals surface area contributed by atoms with Gasteiger partial charge in [-0.2, -0.15) is 9.40 Å². The molecule has 0 spiro atoms. The van der Waals surface area contributed by atoms with Crippen molar-refractivity contribution in [2.75, 3.05) is 18.9 Å². The van der Waals surface area contributed by atoms with Crippen LogP contribution in [0.1, 0.15) is 18.6 Å². The van der Waals surface area contributed by atoms with Crippen LogP contribution in [-0.4, -0.2) is 41.5 Å². The van der Waals surface area contributed by atoms with E-state index in [4.69, 9.17) is 0 Å². The Labute approximate surface area is 124 Å². The summed E-state index contributed by atoms with van der Waals surface area (Å²) >= 11 is 0. The van der Waals surface area contributed by atoms with Gasteiger partial charge in [0.1, 0.15) is 5.82 Å². The van der Waals surface area contributed by atoms with Gasteiger partial charge in [-0.3, -0.25) is 5.10 Å². The van der Waals surface area contributed by atoms with Gasteiger partial charge in [-0.05, 0) is 38.1 Å². The lowest BCUT2D eigenvalue weighted by Gasteiger charge is -2.15. The molecule has 7 nitrogen and oxygen atoms in total. The van der Waals surface area contributed by atoms with E-state index in [9.17, 15) is 8.42 Å². The molecule has 0 amide bonds. The van der Waals surface area contributed by atoms with Crippen molar-refractivity contribution in [3.8, 4) is 0 Å². The largest absolute Gasteiger partial charge is 0.385 e. The van der Waals surface area contributed by atoms with Gasteiger partial charge in [-0.15, -0.1) is 0 Å². The molecule has 1 heterocycles. The monoisotopic (exact) mass is 309 g/mol. The van der Waals surface area contributed by atoms with E-state index < -0.39 is 10.0 Å². The quantitative estimate of drug-likeness (QED) is 0.841. The van der Waals surface area contributed by atoms with Crippen molar-refractivity contribution in [3.05, 3.63) is 35.9 Å². The highest BCUT2D eigenvalue weighted by molar-refractivity contribution is 7.89. The van der Waals surface area contributed by atoms with Crippen molar-refractivity contribution in [1.82, 2.24) is 19.5 Å². The van der Waals surface area contributed by atoms with Crippen LogP contribution < -0.4 is 5.32 Å². The molecular formula is C13H19N5O2S. The summed E-state index contributed by atoms with van der Waals surface area (Å²) in [6.07, 6.45) is 0. The number of benzene rings is 1. The topological polar surface area (TPSA) is 91.0 Å². The highest BCUT2D eigenvalue weighted by Crippen LogP contribution is 2.18. The highest BCUT2D eigenvalue weighted by atomic mass is 32.2. The van der Waals surface area contributed by atoms with Crippen LogP contribution in [0.15, 0.2) is 29.2 Å². The molecule has 114 valence electrons. The number of hydrogen-bond acceptors (Lipinski definition) is 5. The van der Waals surface area contributed by atoms with E-state index in [2.05, 4.69) is 20.5 Å². The van der Waals surface area contributed by atoms with Crippen LogP contribution in [-0.2, 0) is 16.6 Å². The maximum atomic E-state index is 12.5. The van der Waals surface area contributed by atoms with Crippen molar-refractivity contribution >= 4 is 15.7 Å². The van der Waals surface area contributed by atoms with E-state index >= 15 is 0 Å². The molecule has 0 fully saturated rings. The summed E-state index contributed by atoms with van der Waals surface area (Å²) in [5.74, 6) is 1.11. The van der Waals surface area contributed by atoms with Gasteiger partial charge < -0.3 is 5.32 Å². The summed E-state index contributed by atoms with van der Waals surface area (Å²) in [4.78, 5) is 4.36. The van der Waals surface area contributed by atoms with Crippen LogP contribution in [0, 0.1) is 6.92 Å². The van der Waals surface area contributed by atoms with Gasteiger partial charge in [0.2, 0.25) is 10.0 Å². The molecule has 2 N–H and O–H groups in total. The van der Waals surface area contributed by atoms with Crippen LogP contribution in [0.4, 0.5) is 5.69 Å². The molecule has 0 atom stereocenters. The second-order valence-corrected chi connectivity index (χ2v) is 6.70. The van der Waals surface area contributed by atoms with E-state index in [0.717, 1.165) is 12.2 Å². The molecule has 0 aliphatic rings. The van der Waals surface area contributed by atoms with Gasteiger partial charge in [0.15, 0.2) is 5.82 Å². The van der Waals surface area contributed by atoms with Crippen molar-refractivity contribution in [3.63, 3.8) is 0 Å². The first-order valence-corrected chi connectivity index (χ1v) is 8.05. The molecule has 1 aromatic carbocycles. The number of aromatic nitrogens is 3. The second-order valence-electron chi connectivity index (χ2n) is 4.65. The zero-order valence-corrected chi connectivity index (χ0v) is 13.1. The Morgan fingerprint density at radius 3 is 2.48 bits per heavy atom. The van der Waals surface area contributed by atoms with Gasteiger partial charge in [-0.1, -0.05) is 0 Å². The smallest absolute Gasteiger partial charge is 0.243 e. The molecule has 0 unspecified atom stereocenters. The molecule has 0 saturated heterocycles. The second kappa shape index (κ2) is 6.23. The Morgan fingerprint density at radius 1 is 1.29 bits per heavy atom. The fraction of sp³-hybridized carbons (Fsp3) is 0.385. The number of sulfonamides is 1. The average Bonchev–Trinajstić information content (AvgIpc) is 2.85. The zero-order chi connectivity index (χ0) is 15.5. The van der Waals surface area contributed by atoms with E-state index in [0.29, 0.717) is 11.6 Å². The zero-order valence-electron chi connectivity index (χ0n) is 12.3. The summed E-state index contributed by atoms with van der Waals surface area (Å²) in [5, 5.41) is 9.77. The summed E-state index contributed by atoms with van der Waals surface area (Å²) in [7, 11) is -2.03. The van der Waals surface area contributed by atoms with Crippen LogP contribution in [0.25, 0.3) is 0 Å². The fourth-order valence-corrected chi connectivity index (χ4v) is 3.00. The van der Waals surface area contributed by atoms with Gasteiger partial charge in [-0.25, -0.2) is 13.4 Å². The third-order valence-corrected chi connectivity index (χ3v) is 4.77. The lowest BCUT2D eigenvalue weighted by atomic mass is 10.3. The molecular weight excluding hydrogens is 290 g/mol. The summed E-state index contributed by atoms with van der Waals surface area (Å²) < 4.78 is 26.1. The lowest BCUT2D eigenvalue weighted by Crippen LogP contribution is -2.27. The van der Waals surface area contributed by atoms with Gasteiger partial charge >= 0.3 is 0 Å². The summed E-state index contributed by atoms with van der Waals surface area (Å²) in [6.45, 7) is 4.67. The SMILES string of the molecule is CCNc1ccc(S(=O)(=O)N(C)Cc2n[nH]c(C)n2)cc1. The fourth-order valence-electron chi connectivity index (χ4n) is 1.87. The summed E-state index contributed by atoms with van der Waals surface area (Å²) in [6, 6.07) is 6.68. The van der Waals surface area contributed by atoms with E-state index in [1.54, 1.807) is 31.2 Å². The number of aromatic amines is 1. The van der Waals surface area contributed by atoms with Gasteiger partial charge in [0, 0.05) is 19.3 Å². The number of H-pyrrole nitrogens is 1. The predicted molar refractivity (Wildman–Crippen MR) is 80.4 cm³/mol. The number of nitrogens with zero attached hydrogens (tertiary/aromatic N) is 3. The molecule has 0 aliphatic carbocycles. The minimum atomic E-state index is -3.55. The van der Waals surface area contributed by atoms with Crippen molar-refractivity contribution < 1.29 is 8.42 Å². The number of hydrogen-bond donors (Lipinski definition) is 2. The number of nitrogens with one attached hydrogen (secondary N) is 2. The first-order valence-electron chi connectivity index (χ1n) is 6.61. The molecule has 8 heteroatoms. The Morgan fingerprint density at radius 2 is 1.95 bits per heavy atom. The average molecular weight is 309 g/mol. The Kier molecular flexibility index (Phi) is 4.59. The van der Waals surface area contributed by atoms with Gasteiger partial charge in [0.25, 0.3) is 0 Å². The van der Waals surface area contributed by atoms with Crippen molar-refractivity contribution in [1.29, 1.82) is 0 Å². The molecule has 2 aromatic rings. The molecule has 21 heavy (non-hydrogen) atoms. The van der Waals surface area contributed by atoms with Crippen LogP contribution >= 0.6 is 0 Å². The Hall–Kier alpha value is -1.93. The Balaban J connectivity index is 2.16. The van der Waals surface area contributed by atoms with E-state index in [1.165, 1.54) is 11.4 Å². The van der Waals surface area contributed by atoms with Crippen molar-refractivity contribution in [2.45, 2.75) is 25.3 Å². The van der Waals surface area contributed by atoms with E-state index in [1.807, 2.05) is 6.92 Å². The van der Waals surface area contributed by atoms with Crippen LogP contribution in [0.5, 0.6) is 0 Å². The molecule has 0 bridgehead atoms. The molecule has 0 aliphatic heterocycles. The number of anilines is 1. The number of aryl methyl sites for hydroxylation is 1. The maximum absolute atomic E-state index is 12.5. The van der Waals surface area contributed by atoms with Crippen molar-refractivity contribution in [2.24, 2.45) is 0 Å². The first kappa shape index (κ1) is 15.5. The minimum absolute atomic E-state index is 0.127. The molecule has 2 rings (SSSR count). The standard InChI is InChI=1S/C13H19N5O2S/c1-4-14-11-5-7-12(8-6-11)21(19,20)18(3)9-13-15-10(2)16-17-13/h5-8,14H,4,9H2,1-3H3,(H,15,16,17). The molecule has 1 aromatic heterocycles. The van der Waals surface area contributed by atoms with E-state index in [-0.39, 0.29) is 11.4 Å². The third kappa shape index (κ3) is 3.59. The lowest BCUT2D eigenvalue weighted by molar-refractivity contribution is 0.457. The van der Waals surface area contributed by atoms with Crippen LogP contribution in [0.2, 0.25) is 0 Å². The van der Waals surface area contributed by atoms with Gasteiger partial charge in [0.05, 0.1) is 11.4 Å². The van der Waals surface area contributed by atoms with Crippen LogP contribution in [0.3, 0.4) is 0 Å². The first-order chi connectivity index (χ1) is 9.93. The third-order valence-electron chi connectivity index (χ3n) is 2.95. The highest BCUT2D eigenvalue weighted by Gasteiger charge is 2.22. The maximum Gasteiger partial charge on any atom is 0.243 e. The number of rotatable bonds is 6. The Bertz CT molecular complexity index is 694. The normalized spacial score (nSPS) is 11.8. The minimum Gasteiger partial charge on any atom is -0.385 e. The molecule has 0 radical (unpaired) electrons. The molecule has 0 saturated carbocycles. The summed E-state index contributed by atoms with van der Waals surface area (Å²) in [5.41, 5.74) is 0.892.